The van der Waals surface area contributed by atoms with Gasteiger partial charge in [-0.05, 0) is 19.1 Å². The average molecular weight is 337 g/mol. The van der Waals surface area contributed by atoms with Gasteiger partial charge in [-0.1, -0.05) is 29.1 Å². The van der Waals surface area contributed by atoms with E-state index in [2.05, 4.69) is 21.8 Å². The van der Waals surface area contributed by atoms with E-state index in [1.807, 2.05) is 0 Å². The molecule has 112 valence electrons. The predicted molar refractivity (Wildman–Crippen MR) is 74.1 cm³/mol. The molecule has 8 heteroatoms. The van der Waals surface area contributed by atoms with E-state index in [9.17, 15) is 18.3 Å². The molecule has 0 aliphatic rings. The van der Waals surface area contributed by atoms with E-state index in [1.54, 1.807) is 0 Å². The molecule has 0 spiro atoms. The summed E-state index contributed by atoms with van der Waals surface area (Å²) in [6.07, 6.45) is -5.76. The largest absolute Gasteiger partial charge is 0.425 e. The zero-order chi connectivity index (χ0) is 15.8. The van der Waals surface area contributed by atoms with Crippen LogP contribution in [0.2, 0.25) is 10.0 Å². The molecule has 0 saturated carbocycles. The highest BCUT2D eigenvalue weighted by Crippen LogP contribution is 2.41. The Morgan fingerprint density at radius 1 is 1.29 bits per heavy atom. The number of hydrogen-bond donors (Lipinski definition) is 2. The van der Waals surface area contributed by atoms with Gasteiger partial charge in [0.25, 0.3) is 0 Å². The predicted octanol–water partition coefficient (Wildman–Crippen LogP) is 4.03. The van der Waals surface area contributed by atoms with Crippen LogP contribution < -0.4 is 0 Å². The number of nitrogens with one attached hydrogen (secondary N) is 1. The molecule has 2 rings (SSSR count). The molecule has 2 N–H and O–H groups in total. The van der Waals surface area contributed by atoms with Crippen molar-refractivity contribution in [2.24, 2.45) is 0 Å². The molecule has 0 aliphatic carbocycles. The highest BCUT2D eigenvalue weighted by atomic mass is 35.5. The van der Waals surface area contributed by atoms with Gasteiger partial charge in [0.05, 0.1) is 27.5 Å². The lowest BCUT2D eigenvalue weighted by Crippen LogP contribution is -2.43. The number of aliphatic hydroxyl groups is 1. The Bertz CT molecular complexity index is 706. The van der Waals surface area contributed by atoms with E-state index >= 15 is 0 Å². The number of aromatic amines is 1. The van der Waals surface area contributed by atoms with Crippen molar-refractivity contribution >= 4 is 34.2 Å². The summed E-state index contributed by atoms with van der Waals surface area (Å²) in [5.74, 6) is 3.91. The molecule has 0 radical (unpaired) electrons. The Balaban J connectivity index is 2.62. The number of benzene rings is 1. The monoisotopic (exact) mass is 336 g/mol. The minimum Gasteiger partial charge on any atom is -0.373 e. The molecule has 0 amide bonds. The second-order valence-corrected chi connectivity index (χ2v) is 5.14. The van der Waals surface area contributed by atoms with Crippen LogP contribution >= 0.6 is 23.2 Å². The van der Waals surface area contributed by atoms with E-state index in [1.165, 1.54) is 19.1 Å². The quantitative estimate of drug-likeness (QED) is 0.813. The molecule has 1 heterocycles. The van der Waals surface area contributed by atoms with Crippen LogP contribution in [0.5, 0.6) is 0 Å². The van der Waals surface area contributed by atoms with Crippen LogP contribution in [0, 0.1) is 11.8 Å². The van der Waals surface area contributed by atoms with Crippen LogP contribution in [-0.2, 0) is 5.60 Å². The van der Waals surface area contributed by atoms with Crippen molar-refractivity contribution in [3.8, 4) is 11.8 Å². The normalized spacial score (nSPS) is 14.6. The van der Waals surface area contributed by atoms with Gasteiger partial charge < -0.3 is 10.1 Å². The van der Waals surface area contributed by atoms with Gasteiger partial charge in [-0.15, -0.1) is 5.92 Å². The first-order valence-corrected chi connectivity index (χ1v) is 6.48. The molecule has 1 aromatic heterocycles. The van der Waals surface area contributed by atoms with E-state index < -0.39 is 24.0 Å². The number of rotatable bonds is 2. The molecule has 0 bridgehead atoms. The molecular weight excluding hydrogens is 328 g/mol. The van der Waals surface area contributed by atoms with Gasteiger partial charge in [-0.25, -0.2) is 4.98 Å². The van der Waals surface area contributed by atoms with Crippen LogP contribution in [-0.4, -0.2) is 21.3 Å². The van der Waals surface area contributed by atoms with Gasteiger partial charge in [-0.3, -0.25) is 0 Å². The van der Waals surface area contributed by atoms with Crippen LogP contribution in [0.1, 0.15) is 19.2 Å². The third-order valence-electron chi connectivity index (χ3n) is 2.91. The highest BCUT2D eigenvalue weighted by Gasteiger charge is 2.56. The number of nitrogens with zero attached hydrogens (tertiary/aromatic N) is 1. The minimum absolute atomic E-state index is 0.158. The number of imidazole rings is 1. The van der Waals surface area contributed by atoms with Gasteiger partial charge in [-0.2, -0.15) is 13.2 Å². The fourth-order valence-electron chi connectivity index (χ4n) is 1.74. The summed E-state index contributed by atoms with van der Waals surface area (Å²) >= 11 is 11.6. The Hall–Kier alpha value is -1.42. The van der Waals surface area contributed by atoms with Gasteiger partial charge in [0, 0.05) is 0 Å². The molecule has 2 aromatic rings. The number of H-pyrrole nitrogens is 1. The van der Waals surface area contributed by atoms with Crippen LogP contribution in [0.4, 0.5) is 13.2 Å². The zero-order valence-electron chi connectivity index (χ0n) is 10.6. The average Bonchev–Trinajstić information content (AvgIpc) is 2.78. The van der Waals surface area contributed by atoms with E-state index in [0.717, 1.165) is 0 Å². The number of halogens is 5. The summed E-state index contributed by atoms with van der Waals surface area (Å²) in [4.78, 5) is 6.20. The maximum absolute atomic E-state index is 13.2. The molecule has 0 aliphatic heterocycles. The lowest BCUT2D eigenvalue weighted by atomic mass is 9.98. The standard InChI is InChI=1S/C13H9Cl2F3N2O/c1-2-3-4-12(21,13(16,17)18)11-19-9-5-7(14)8(15)6-10(9)20-11/h5-6,21H,4H2,1H3,(H,19,20). The second kappa shape index (κ2) is 5.41. The molecule has 3 nitrogen and oxygen atoms in total. The van der Waals surface area contributed by atoms with Crippen LogP contribution in [0.3, 0.4) is 0 Å². The molecule has 21 heavy (non-hydrogen) atoms. The van der Waals surface area contributed by atoms with E-state index in [4.69, 9.17) is 23.2 Å². The summed E-state index contributed by atoms with van der Waals surface area (Å²) < 4.78 is 39.5. The third kappa shape index (κ3) is 2.82. The molecular formula is C13H9Cl2F3N2O. The first-order valence-electron chi connectivity index (χ1n) is 5.73. The minimum atomic E-state index is -4.93. The number of aromatic nitrogens is 2. The van der Waals surface area contributed by atoms with Crippen molar-refractivity contribution in [1.29, 1.82) is 0 Å². The van der Waals surface area contributed by atoms with Crippen molar-refractivity contribution in [3.63, 3.8) is 0 Å². The van der Waals surface area contributed by atoms with Crippen molar-refractivity contribution in [3.05, 3.63) is 28.0 Å². The fraction of sp³-hybridized carbons (Fsp3) is 0.308. The Kier molecular flexibility index (Phi) is 4.11. The third-order valence-corrected chi connectivity index (χ3v) is 3.63. The van der Waals surface area contributed by atoms with Crippen molar-refractivity contribution in [1.82, 2.24) is 9.97 Å². The summed E-state index contributed by atoms with van der Waals surface area (Å²) in [5, 5.41) is 10.3. The number of alkyl halides is 3. The van der Waals surface area contributed by atoms with Crippen LogP contribution in [0.25, 0.3) is 11.0 Å². The maximum Gasteiger partial charge on any atom is 0.425 e. The molecule has 1 atom stereocenters. The van der Waals surface area contributed by atoms with Gasteiger partial charge >= 0.3 is 6.18 Å². The SMILES string of the molecule is CC#CCC(O)(c1nc2cc(Cl)c(Cl)cc2[nH]1)C(F)(F)F. The first-order chi connectivity index (χ1) is 9.69. The van der Waals surface area contributed by atoms with E-state index in [-0.39, 0.29) is 21.1 Å². The van der Waals surface area contributed by atoms with Crippen molar-refractivity contribution in [2.45, 2.75) is 25.1 Å². The lowest BCUT2D eigenvalue weighted by Gasteiger charge is -2.26. The number of hydrogen-bond acceptors (Lipinski definition) is 2. The fourth-order valence-corrected chi connectivity index (χ4v) is 2.06. The highest BCUT2D eigenvalue weighted by molar-refractivity contribution is 6.42. The lowest BCUT2D eigenvalue weighted by molar-refractivity contribution is -0.267. The second-order valence-electron chi connectivity index (χ2n) is 4.33. The molecule has 1 unspecified atom stereocenters. The first kappa shape index (κ1) is 16.0. The van der Waals surface area contributed by atoms with Crippen molar-refractivity contribution in [2.75, 3.05) is 0 Å². The maximum atomic E-state index is 13.2. The summed E-state index contributed by atoms with van der Waals surface area (Å²) in [6.45, 7) is 1.38. The van der Waals surface area contributed by atoms with Crippen LogP contribution in [0.15, 0.2) is 12.1 Å². The molecule has 0 fully saturated rings. The Morgan fingerprint density at radius 2 is 1.90 bits per heavy atom. The van der Waals surface area contributed by atoms with Gasteiger partial charge in [0.2, 0.25) is 5.60 Å². The summed E-state index contributed by atoms with van der Waals surface area (Å²) in [5.41, 5.74) is -2.77. The van der Waals surface area contributed by atoms with Crippen molar-refractivity contribution < 1.29 is 18.3 Å². The summed E-state index contributed by atoms with van der Waals surface area (Å²) in [7, 11) is 0. The Morgan fingerprint density at radius 3 is 2.48 bits per heavy atom. The van der Waals surface area contributed by atoms with Gasteiger partial charge in [0.1, 0.15) is 5.82 Å². The molecule has 0 saturated heterocycles. The Labute approximate surface area is 128 Å². The summed E-state index contributed by atoms with van der Waals surface area (Å²) in [6, 6.07) is 2.67. The number of fused-ring (bicyclic) bond motifs is 1. The topological polar surface area (TPSA) is 48.9 Å². The van der Waals surface area contributed by atoms with Gasteiger partial charge in [0.15, 0.2) is 0 Å². The molecule has 1 aromatic carbocycles. The zero-order valence-corrected chi connectivity index (χ0v) is 12.2. The van der Waals surface area contributed by atoms with E-state index in [0.29, 0.717) is 0 Å². The smallest absolute Gasteiger partial charge is 0.373 e.